The van der Waals surface area contributed by atoms with Crippen LogP contribution < -0.4 is 5.32 Å². The van der Waals surface area contributed by atoms with E-state index in [1.807, 2.05) is 0 Å². The van der Waals surface area contributed by atoms with Gasteiger partial charge in [-0.3, -0.25) is 0 Å². The van der Waals surface area contributed by atoms with E-state index in [1.165, 1.54) is 37.7 Å². The number of anilines is 1. The van der Waals surface area contributed by atoms with E-state index in [0.717, 1.165) is 21.9 Å². The van der Waals surface area contributed by atoms with Crippen molar-refractivity contribution in [2.75, 3.05) is 11.9 Å². The summed E-state index contributed by atoms with van der Waals surface area (Å²) in [6.45, 7) is 1.01. The average Bonchev–Trinajstić information content (AvgIpc) is 2.65. The van der Waals surface area contributed by atoms with Gasteiger partial charge in [-0.15, -0.1) is 0 Å². The van der Waals surface area contributed by atoms with Crippen LogP contribution in [0, 0.1) is 0 Å². The molecule has 3 rings (SSSR count). The Morgan fingerprint density at radius 3 is 2.81 bits per heavy atom. The monoisotopic (exact) mass is 300 g/mol. The van der Waals surface area contributed by atoms with E-state index in [-0.39, 0.29) is 5.41 Å². The summed E-state index contributed by atoms with van der Waals surface area (Å²) in [6.07, 6.45) is 8.25. The summed E-state index contributed by atoms with van der Waals surface area (Å²) >= 11 is 9.91. The van der Waals surface area contributed by atoms with Gasteiger partial charge >= 0.3 is 0 Å². The summed E-state index contributed by atoms with van der Waals surface area (Å²) in [6, 6.07) is 0. The van der Waals surface area contributed by atoms with Gasteiger partial charge in [0.25, 0.3) is 0 Å². The first-order valence-electron chi connectivity index (χ1n) is 5.81. The van der Waals surface area contributed by atoms with Crippen LogP contribution in [0.3, 0.4) is 0 Å². The van der Waals surface area contributed by atoms with Crippen molar-refractivity contribution in [1.82, 2.24) is 4.98 Å². The lowest BCUT2D eigenvalue weighted by Crippen LogP contribution is -2.31. The number of fused-ring (bicyclic) bond motifs is 2. The van der Waals surface area contributed by atoms with E-state index >= 15 is 0 Å². The van der Waals surface area contributed by atoms with Crippen LogP contribution in [0.4, 0.5) is 5.82 Å². The molecular weight excluding hydrogens is 288 g/mol. The van der Waals surface area contributed by atoms with Crippen molar-refractivity contribution in [3.8, 4) is 0 Å². The Morgan fingerprint density at radius 2 is 2.06 bits per heavy atom. The Labute approximate surface area is 109 Å². The molecule has 2 heterocycles. The molecule has 0 unspecified atom stereocenters. The van der Waals surface area contributed by atoms with Gasteiger partial charge in [0, 0.05) is 23.7 Å². The van der Waals surface area contributed by atoms with Crippen LogP contribution in [0.5, 0.6) is 0 Å². The highest BCUT2D eigenvalue weighted by molar-refractivity contribution is 9.10. The smallest absolute Gasteiger partial charge is 0.131 e. The predicted molar refractivity (Wildman–Crippen MR) is 70.2 cm³/mol. The highest BCUT2D eigenvalue weighted by atomic mass is 79.9. The van der Waals surface area contributed by atoms with Gasteiger partial charge in [0.1, 0.15) is 5.82 Å². The molecule has 1 aliphatic carbocycles. The number of hydrogen-bond acceptors (Lipinski definition) is 2. The molecule has 4 heteroatoms. The number of pyridine rings is 1. The Balaban J connectivity index is 2.13. The number of hydrogen-bond donors (Lipinski definition) is 1. The SMILES string of the molecule is Clc1c(Br)cnc2c1C1(CCCCC1)CN2. The lowest BCUT2D eigenvalue weighted by molar-refractivity contribution is 0.319. The highest BCUT2D eigenvalue weighted by Crippen LogP contribution is 2.49. The normalized spacial score (nSPS) is 21.9. The third-order valence-corrected chi connectivity index (χ3v) is 5.13. The van der Waals surface area contributed by atoms with E-state index in [0.29, 0.717) is 0 Å². The largest absolute Gasteiger partial charge is 0.369 e. The second-order valence-corrected chi connectivity index (χ2v) is 6.07. The van der Waals surface area contributed by atoms with Crippen molar-refractivity contribution >= 4 is 33.3 Å². The van der Waals surface area contributed by atoms with E-state index in [1.54, 1.807) is 6.20 Å². The quantitative estimate of drug-likeness (QED) is 0.779. The van der Waals surface area contributed by atoms with Crippen LogP contribution in [0.25, 0.3) is 0 Å². The van der Waals surface area contributed by atoms with E-state index in [2.05, 4.69) is 26.2 Å². The van der Waals surface area contributed by atoms with Gasteiger partial charge in [0.2, 0.25) is 0 Å². The van der Waals surface area contributed by atoms with Crippen LogP contribution in [-0.4, -0.2) is 11.5 Å². The highest BCUT2D eigenvalue weighted by Gasteiger charge is 2.42. The minimum absolute atomic E-state index is 0.251. The van der Waals surface area contributed by atoms with E-state index in [9.17, 15) is 0 Å². The fraction of sp³-hybridized carbons (Fsp3) is 0.583. The second kappa shape index (κ2) is 3.88. The molecule has 16 heavy (non-hydrogen) atoms. The number of rotatable bonds is 0. The van der Waals surface area contributed by atoms with E-state index in [4.69, 9.17) is 11.6 Å². The zero-order chi connectivity index (χ0) is 11.2. The zero-order valence-electron chi connectivity index (χ0n) is 9.02. The van der Waals surface area contributed by atoms with Crippen molar-refractivity contribution in [2.24, 2.45) is 0 Å². The van der Waals surface area contributed by atoms with Gasteiger partial charge in [-0.05, 0) is 28.8 Å². The molecule has 0 bridgehead atoms. The third kappa shape index (κ3) is 1.48. The lowest BCUT2D eigenvalue weighted by Gasteiger charge is -2.33. The molecule has 0 amide bonds. The van der Waals surface area contributed by atoms with Crippen molar-refractivity contribution in [3.63, 3.8) is 0 Å². The Bertz CT molecular complexity index is 422. The fourth-order valence-electron chi connectivity index (χ4n) is 3.08. The molecule has 1 aromatic rings. The van der Waals surface area contributed by atoms with Gasteiger partial charge in [-0.2, -0.15) is 0 Å². The van der Waals surface area contributed by atoms with Gasteiger partial charge in [-0.1, -0.05) is 30.9 Å². The summed E-state index contributed by atoms with van der Waals surface area (Å²) in [5.41, 5.74) is 1.50. The maximum absolute atomic E-state index is 6.43. The molecule has 0 saturated heterocycles. The summed E-state index contributed by atoms with van der Waals surface area (Å²) < 4.78 is 0.918. The molecule has 1 saturated carbocycles. The molecule has 1 aromatic heterocycles. The van der Waals surface area contributed by atoms with Gasteiger partial charge in [-0.25, -0.2) is 4.98 Å². The molecule has 1 N–H and O–H groups in total. The van der Waals surface area contributed by atoms with Crippen LogP contribution >= 0.6 is 27.5 Å². The molecule has 1 aliphatic heterocycles. The van der Waals surface area contributed by atoms with Gasteiger partial charge in [0.15, 0.2) is 0 Å². The minimum Gasteiger partial charge on any atom is -0.369 e. The first-order valence-corrected chi connectivity index (χ1v) is 6.98. The summed E-state index contributed by atoms with van der Waals surface area (Å²) in [7, 11) is 0. The first kappa shape index (κ1) is 10.8. The molecular formula is C12H14BrClN2. The molecule has 2 nitrogen and oxygen atoms in total. The van der Waals surface area contributed by atoms with Crippen LogP contribution in [-0.2, 0) is 5.41 Å². The Hall–Kier alpha value is -0.280. The molecule has 0 aromatic carbocycles. The van der Waals surface area contributed by atoms with Crippen molar-refractivity contribution < 1.29 is 0 Å². The topological polar surface area (TPSA) is 24.9 Å². The molecule has 0 radical (unpaired) electrons. The number of aromatic nitrogens is 1. The average molecular weight is 302 g/mol. The molecule has 1 spiro atoms. The zero-order valence-corrected chi connectivity index (χ0v) is 11.4. The third-order valence-electron chi connectivity index (χ3n) is 3.91. The maximum atomic E-state index is 6.43. The van der Waals surface area contributed by atoms with Gasteiger partial charge in [0.05, 0.1) is 9.50 Å². The maximum Gasteiger partial charge on any atom is 0.131 e. The molecule has 1 fully saturated rings. The van der Waals surface area contributed by atoms with Crippen LogP contribution in [0.15, 0.2) is 10.7 Å². The molecule has 86 valence electrons. The molecule has 2 aliphatic rings. The van der Waals surface area contributed by atoms with Crippen molar-refractivity contribution in [1.29, 1.82) is 0 Å². The molecule has 0 atom stereocenters. The van der Waals surface area contributed by atoms with Gasteiger partial charge < -0.3 is 5.32 Å². The number of halogens is 2. The fourth-order valence-corrected chi connectivity index (χ4v) is 3.72. The summed E-state index contributed by atoms with van der Waals surface area (Å²) in [5.74, 6) is 0.995. The van der Waals surface area contributed by atoms with Crippen LogP contribution in [0.1, 0.15) is 37.7 Å². The number of nitrogens with one attached hydrogen (secondary N) is 1. The van der Waals surface area contributed by atoms with Crippen LogP contribution in [0.2, 0.25) is 5.02 Å². The lowest BCUT2D eigenvalue weighted by atomic mass is 9.71. The predicted octanol–water partition coefficient (Wildman–Crippen LogP) is 4.12. The minimum atomic E-state index is 0.251. The standard InChI is InChI=1S/C12H14BrClN2/c13-8-6-15-11-9(10(8)14)12(7-16-11)4-2-1-3-5-12/h6H,1-5,7H2,(H,15,16). The van der Waals surface area contributed by atoms with E-state index < -0.39 is 0 Å². The number of nitrogens with zero attached hydrogens (tertiary/aromatic N) is 1. The van der Waals surface area contributed by atoms with Crippen molar-refractivity contribution in [2.45, 2.75) is 37.5 Å². The Kier molecular flexibility index (Phi) is 2.63. The Morgan fingerprint density at radius 1 is 1.31 bits per heavy atom. The summed E-state index contributed by atoms with van der Waals surface area (Å²) in [5, 5.41) is 4.27. The van der Waals surface area contributed by atoms with Crippen molar-refractivity contribution in [3.05, 3.63) is 21.3 Å². The second-order valence-electron chi connectivity index (χ2n) is 4.84. The first-order chi connectivity index (χ1) is 7.73. The summed E-state index contributed by atoms with van der Waals surface area (Å²) in [4.78, 5) is 4.43.